The number of carbonyl (C=O) groups excluding carboxylic acids is 1. The lowest BCUT2D eigenvalue weighted by Crippen LogP contribution is -2.32. The van der Waals surface area contributed by atoms with Gasteiger partial charge in [-0.05, 0) is 96.6 Å². The summed E-state index contributed by atoms with van der Waals surface area (Å²) in [6, 6.07) is 28.1. The highest BCUT2D eigenvalue weighted by molar-refractivity contribution is 6.07. The molecular weight excluding hydrogens is 630 g/mol. The molecule has 3 heterocycles. The van der Waals surface area contributed by atoms with Crippen LogP contribution in [0.1, 0.15) is 67.8 Å². The number of nitrogens with zero attached hydrogens (tertiary/aromatic N) is 3. The summed E-state index contributed by atoms with van der Waals surface area (Å²) >= 11 is 0. The van der Waals surface area contributed by atoms with E-state index in [1.54, 1.807) is 48.7 Å². The van der Waals surface area contributed by atoms with Crippen molar-refractivity contribution < 1.29 is 24.1 Å². The fourth-order valence-electron chi connectivity index (χ4n) is 6.08. The van der Waals surface area contributed by atoms with Crippen molar-refractivity contribution in [2.75, 3.05) is 36.6 Å². The summed E-state index contributed by atoms with van der Waals surface area (Å²) in [7, 11) is 0. The average Bonchev–Trinajstić information content (AvgIpc) is 3.62. The molecule has 50 heavy (non-hydrogen) atoms. The van der Waals surface area contributed by atoms with E-state index < -0.39 is 6.10 Å². The van der Waals surface area contributed by atoms with Crippen molar-refractivity contribution in [2.45, 2.75) is 45.3 Å². The Morgan fingerprint density at radius 3 is 2.56 bits per heavy atom. The van der Waals surface area contributed by atoms with Crippen LogP contribution >= 0.6 is 0 Å². The minimum absolute atomic E-state index is 0.00307. The lowest BCUT2D eigenvalue weighted by Gasteiger charge is -2.31. The first-order valence-electron chi connectivity index (χ1n) is 17.1. The molecule has 3 N–H and O–H groups in total. The number of fused-ring (bicyclic) bond motifs is 1. The number of hydrogen-bond acceptors (Lipinski definition) is 7. The summed E-state index contributed by atoms with van der Waals surface area (Å²) in [5.74, 6) is 0.587. The first-order chi connectivity index (χ1) is 24.4. The molecule has 2 aromatic heterocycles. The van der Waals surface area contributed by atoms with Crippen molar-refractivity contribution in [3.63, 3.8) is 0 Å². The van der Waals surface area contributed by atoms with E-state index in [0.29, 0.717) is 47.7 Å². The Bertz CT molecular complexity index is 1890. The Labute approximate surface area is 292 Å². The number of aliphatic hydroxyl groups is 1. The number of amides is 1. The average molecular weight is 674 g/mol. The highest BCUT2D eigenvalue weighted by Gasteiger charge is 2.25. The molecule has 0 radical (unpaired) electrons. The molecule has 10 nitrogen and oxygen atoms in total. The van der Waals surface area contributed by atoms with Crippen molar-refractivity contribution in [1.29, 1.82) is 0 Å². The topological polar surface area (TPSA) is 127 Å². The van der Waals surface area contributed by atoms with E-state index in [0.717, 1.165) is 53.3 Å². The van der Waals surface area contributed by atoms with E-state index in [1.165, 1.54) is 6.20 Å². The molecule has 1 aliphatic rings. The van der Waals surface area contributed by atoms with Crippen LogP contribution in [0.3, 0.4) is 0 Å². The number of unbranched alkanes of at least 4 members (excludes halogenated alkanes) is 1. The molecule has 0 saturated heterocycles. The van der Waals surface area contributed by atoms with Crippen LogP contribution < -0.4 is 19.7 Å². The van der Waals surface area contributed by atoms with Crippen LogP contribution in [0.25, 0.3) is 17.2 Å². The number of nitrogens with one attached hydrogen (secondary N) is 2. The predicted molar refractivity (Wildman–Crippen MR) is 195 cm³/mol. The lowest BCUT2D eigenvalue weighted by molar-refractivity contribution is -0.617. The minimum atomic E-state index is -1.09. The molecule has 6 rings (SSSR count). The number of benzene rings is 3. The summed E-state index contributed by atoms with van der Waals surface area (Å²) in [5.41, 5.74) is 7.03. The molecule has 3 aromatic carbocycles. The van der Waals surface area contributed by atoms with E-state index in [9.17, 15) is 15.1 Å². The number of aliphatic hydroxyl groups excluding tert-OH is 1. The van der Waals surface area contributed by atoms with Gasteiger partial charge in [0.15, 0.2) is 12.3 Å². The highest BCUT2D eigenvalue weighted by atomic mass is 16.5. The number of pyridine rings is 1. The van der Waals surface area contributed by atoms with E-state index >= 15 is 0 Å². The molecule has 258 valence electrons. The number of aromatic amines is 1. The number of carbonyl (C=O) groups is 1. The number of H-pyrrole nitrogens is 1. The van der Waals surface area contributed by atoms with Crippen LogP contribution in [0.4, 0.5) is 11.4 Å². The fraction of sp³-hybridized carbons (Fsp3) is 0.275. The second kappa shape index (κ2) is 16.3. The summed E-state index contributed by atoms with van der Waals surface area (Å²) in [5, 5.41) is 33.2. The zero-order valence-corrected chi connectivity index (χ0v) is 28.4. The lowest BCUT2D eigenvalue weighted by atomic mass is 9.99. The molecule has 0 saturated carbocycles. The summed E-state index contributed by atoms with van der Waals surface area (Å²) < 4.78 is 12.1. The number of ether oxygens (including phenoxy) is 2. The number of hydrogen-bond donors (Lipinski definition) is 3. The molecule has 0 spiro atoms. The quantitative estimate of drug-likeness (QED) is 0.0660. The Morgan fingerprint density at radius 2 is 1.82 bits per heavy atom. The van der Waals surface area contributed by atoms with E-state index in [2.05, 4.69) is 52.5 Å². The van der Waals surface area contributed by atoms with Crippen molar-refractivity contribution in [1.82, 2.24) is 10.2 Å². The van der Waals surface area contributed by atoms with Gasteiger partial charge in [-0.3, -0.25) is 9.89 Å². The Balaban J connectivity index is 1.21. The van der Waals surface area contributed by atoms with Crippen molar-refractivity contribution in [3.8, 4) is 16.9 Å². The molecule has 5 aromatic rings. The molecular formula is C40H43N5O5. The zero-order valence-electron chi connectivity index (χ0n) is 28.4. The maximum absolute atomic E-state index is 13.7. The summed E-state index contributed by atoms with van der Waals surface area (Å²) in [6.45, 7) is 6.71. The standard InChI is InChI=1S/C40H43N5O5/c1-3-4-23-49-24-25-50-35-15-10-29(11-16-35)31-12-17-37-33(26-31)27-32(19-22-44(37)28(2)36-18-20-41-43-36)40(47)42-34-13-8-30(9-14-34)39(46)38-7-5-6-21-45(38)48/h5-18,20-21,26-28,39,46H,3-4,19,22-25H2,1-2H3,(H,41,43)(H,42,47)/t28?,39-/m0/s1. The van der Waals surface area contributed by atoms with E-state index in [-0.39, 0.29) is 17.6 Å². The van der Waals surface area contributed by atoms with Crippen LogP contribution in [0.2, 0.25) is 0 Å². The Hall–Kier alpha value is -5.45. The smallest absolute Gasteiger partial charge is 0.251 e. The van der Waals surface area contributed by atoms with Crippen LogP contribution in [-0.4, -0.2) is 47.6 Å². The van der Waals surface area contributed by atoms with E-state index in [1.807, 2.05) is 36.4 Å². The molecule has 0 bridgehead atoms. The van der Waals surface area contributed by atoms with Gasteiger partial charge in [-0.1, -0.05) is 43.7 Å². The predicted octanol–water partition coefficient (Wildman–Crippen LogP) is 6.98. The van der Waals surface area contributed by atoms with Crippen LogP contribution in [0.5, 0.6) is 5.75 Å². The molecule has 1 amide bonds. The molecule has 2 atom stereocenters. The minimum Gasteiger partial charge on any atom is -0.618 e. The Kier molecular flexibility index (Phi) is 11.2. The third-order valence-corrected chi connectivity index (χ3v) is 8.97. The Morgan fingerprint density at radius 1 is 1.02 bits per heavy atom. The molecule has 1 unspecified atom stereocenters. The van der Waals surface area contributed by atoms with Crippen molar-refractivity contribution in [3.05, 3.63) is 137 Å². The van der Waals surface area contributed by atoms with Crippen molar-refractivity contribution in [2.24, 2.45) is 0 Å². The van der Waals surface area contributed by atoms with Crippen LogP contribution in [-0.2, 0) is 9.53 Å². The number of aromatic nitrogens is 3. The summed E-state index contributed by atoms with van der Waals surface area (Å²) in [6.07, 6.45) is 6.68. The summed E-state index contributed by atoms with van der Waals surface area (Å²) in [4.78, 5) is 16.0. The number of rotatable bonds is 14. The maximum atomic E-state index is 13.7. The van der Waals surface area contributed by atoms with Crippen molar-refractivity contribution >= 4 is 23.4 Å². The fourth-order valence-corrected chi connectivity index (χ4v) is 6.08. The zero-order chi connectivity index (χ0) is 34.9. The molecule has 0 fully saturated rings. The van der Waals surface area contributed by atoms with Gasteiger partial charge in [0.2, 0.25) is 5.69 Å². The van der Waals surface area contributed by atoms with Gasteiger partial charge < -0.3 is 30.0 Å². The highest BCUT2D eigenvalue weighted by Crippen LogP contribution is 2.37. The van der Waals surface area contributed by atoms with Crippen LogP contribution in [0.15, 0.2) is 109 Å². The van der Waals surface area contributed by atoms with Gasteiger partial charge in [-0.2, -0.15) is 9.83 Å². The third-order valence-electron chi connectivity index (χ3n) is 8.97. The van der Waals surface area contributed by atoms with Gasteiger partial charge >= 0.3 is 0 Å². The van der Waals surface area contributed by atoms with Crippen LogP contribution in [0, 0.1) is 5.21 Å². The maximum Gasteiger partial charge on any atom is 0.251 e. The molecule has 0 aliphatic carbocycles. The van der Waals surface area contributed by atoms with Gasteiger partial charge in [0.25, 0.3) is 5.91 Å². The largest absolute Gasteiger partial charge is 0.618 e. The van der Waals surface area contributed by atoms with Gasteiger partial charge in [-0.25, -0.2) is 0 Å². The van der Waals surface area contributed by atoms with Gasteiger partial charge in [0.1, 0.15) is 12.4 Å². The SMILES string of the molecule is CCCCOCCOc1ccc(-c2ccc3c(c2)C=C(C(=O)Nc2ccc([C@H](O)c4cccc[n+]4[O-])cc2)CCN3C(C)c2ccn[nH]2)cc1. The van der Waals surface area contributed by atoms with Gasteiger partial charge in [0, 0.05) is 48.4 Å². The van der Waals surface area contributed by atoms with E-state index in [4.69, 9.17) is 9.47 Å². The second-order valence-corrected chi connectivity index (χ2v) is 12.3. The molecule has 1 aliphatic heterocycles. The second-order valence-electron chi connectivity index (χ2n) is 12.3. The van der Waals surface area contributed by atoms with Gasteiger partial charge in [0.05, 0.1) is 18.3 Å². The normalized spacial score (nSPS) is 13.9. The molecule has 10 heteroatoms. The first-order valence-corrected chi connectivity index (χ1v) is 17.1. The van der Waals surface area contributed by atoms with Gasteiger partial charge in [-0.15, -0.1) is 0 Å². The number of anilines is 2. The third kappa shape index (κ3) is 8.22. The monoisotopic (exact) mass is 673 g/mol. The first kappa shape index (κ1) is 34.4.